The number of anilines is 1. The van der Waals surface area contributed by atoms with E-state index < -0.39 is 23.9 Å². The first-order chi connectivity index (χ1) is 21.2. The monoisotopic (exact) mass is 603 g/mol. The van der Waals surface area contributed by atoms with Crippen molar-refractivity contribution in [1.82, 2.24) is 19.7 Å². The Kier molecular flexibility index (Phi) is 8.60. The van der Waals surface area contributed by atoms with Crippen molar-refractivity contribution in [3.8, 4) is 34.4 Å². The van der Waals surface area contributed by atoms with Gasteiger partial charge in [0.25, 0.3) is 5.91 Å². The van der Waals surface area contributed by atoms with Crippen LogP contribution in [0.3, 0.4) is 0 Å². The zero-order chi connectivity index (χ0) is 31.4. The molecule has 0 saturated carbocycles. The number of carbonyl (C=O) groups excluding carboxylic acids is 1. The van der Waals surface area contributed by atoms with Crippen LogP contribution < -0.4 is 24.3 Å². The minimum atomic E-state index is -1.60. The quantitative estimate of drug-likeness (QED) is 0.195. The van der Waals surface area contributed by atoms with Crippen LogP contribution in [0.4, 0.5) is 10.1 Å². The summed E-state index contributed by atoms with van der Waals surface area (Å²) in [5.74, 6) is 0.219. The number of hydrogen-bond donors (Lipinski definition) is 3. The van der Waals surface area contributed by atoms with Crippen molar-refractivity contribution in [2.75, 3.05) is 32.8 Å². The summed E-state index contributed by atoms with van der Waals surface area (Å²) in [7, 11) is 3.04. The van der Waals surface area contributed by atoms with E-state index in [0.29, 0.717) is 39.4 Å². The molecule has 1 unspecified atom stereocenters. The van der Waals surface area contributed by atoms with Crippen LogP contribution >= 0.6 is 0 Å². The number of aliphatic hydroxyl groups is 2. The Bertz CT molecular complexity index is 1830. The van der Waals surface area contributed by atoms with Crippen molar-refractivity contribution >= 4 is 22.5 Å². The number of aliphatic hydroxyl groups excluding tert-OH is 1. The Hall–Kier alpha value is -5.27. The van der Waals surface area contributed by atoms with E-state index in [0.717, 1.165) is 6.07 Å². The highest BCUT2D eigenvalue weighted by molar-refractivity contribution is 6.04. The Morgan fingerprint density at radius 1 is 1.05 bits per heavy atom. The molecule has 0 aliphatic carbocycles. The molecule has 0 bridgehead atoms. The van der Waals surface area contributed by atoms with Crippen LogP contribution in [-0.2, 0) is 5.60 Å². The number of nitrogens with one attached hydrogen (secondary N) is 1. The minimum Gasteiger partial charge on any atom is -0.493 e. The van der Waals surface area contributed by atoms with Crippen molar-refractivity contribution in [3.05, 3.63) is 84.3 Å². The fourth-order valence-corrected chi connectivity index (χ4v) is 4.51. The van der Waals surface area contributed by atoms with Gasteiger partial charge in [-0.15, -0.1) is 0 Å². The largest absolute Gasteiger partial charge is 0.493 e. The summed E-state index contributed by atoms with van der Waals surface area (Å²) >= 11 is 0. The van der Waals surface area contributed by atoms with Gasteiger partial charge in [-0.3, -0.25) is 14.8 Å². The number of hydrogen-bond acceptors (Lipinski definition) is 10. The van der Waals surface area contributed by atoms with E-state index in [-0.39, 0.29) is 29.5 Å². The predicted molar refractivity (Wildman–Crippen MR) is 158 cm³/mol. The lowest BCUT2D eigenvalue weighted by Crippen LogP contribution is -2.27. The van der Waals surface area contributed by atoms with E-state index in [1.54, 1.807) is 31.3 Å². The highest BCUT2D eigenvalue weighted by Crippen LogP contribution is 2.37. The van der Waals surface area contributed by atoms with Crippen molar-refractivity contribution in [2.24, 2.45) is 0 Å². The van der Waals surface area contributed by atoms with E-state index in [4.69, 9.17) is 18.9 Å². The van der Waals surface area contributed by atoms with Gasteiger partial charge in [0.05, 0.1) is 56.7 Å². The number of carbonyl (C=O) groups is 1. The van der Waals surface area contributed by atoms with Gasteiger partial charge < -0.3 is 34.5 Å². The number of amides is 1. The topological polar surface area (TPSA) is 150 Å². The molecule has 1 amide bonds. The molecular formula is C31H30FN5O7. The van der Waals surface area contributed by atoms with Crippen LogP contribution in [0.15, 0.2) is 67.3 Å². The summed E-state index contributed by atoms with van der Waals surface area (Å²) in [5.41, 5.74) is -0.610. The van der Waals surface area contributed by atoms with Crippen LogP contribution in [0.25, 0.3) is 16.6 Å². The van der Waals surface area contributed by atoms with Crippen LogP contribution in [-0.4, -0.2) is 63.3 Å². The molecule has 12 nitrogen and oxygen atoms in total. The summed E-state index contributed by atoms with van der Waals surface area (Å²) in [6.07, 6.45) is 5.90. The summed E-state index contributed by atoms with van der Waals surface area (Å²) < 4.78 is 38.9. The second kappa shape index (κ2) is 12.5. The van der Waals surface area contributed by atoms with Gasteiger partial charge in [-0.1, -0.05) is 0 Å². The molecule has 13 heteroatoms. The Balaban J connectivity index is 1.40. The van der Waals surface area contributed by atoms with Crippen LogP contribution in [0.2, 0.25) is 0 Å². The maximum Gasteiger partial charge on any atom is 0.280 e. The molecule has 0 fully saturated rings. The Labute approximate surface area is 251 Å². The van der Waals surface area contributed by atoms with E-state index in [1.165, 1.54) is 62.6 Å². The zero-order valence-electron chi connectivity index (χ0n) is 24.4. The van der Waals surface area contributed by atoms with Gasteiger partial charge in [-0.25, -0.2) is 9.07 Å². The average Bonchev–Trinajstić information content (AvgIpc) is 3.46. The van der Waals surface area contributed by atoms with Gasteiger partial charge in [0.15, 0.2) is 22.9 Å². The molecule has 0 aliphatic rings. The van der Waals surface area contributed by atoms with Gasteiger partial charge in [0.1, 0.15) is 22.9 Å². The third-order valence-corrected chi connectivity index (χ3v) is 6.75. The van der Waals surface area contributed by atoms with Crippen LogP contribution in [0, 0.1) is 5.82 Å². The lowest BCUT2D eigenvalue weighted by Gasteiger charge is -2.23. The lowest BCUT2D eigenvalue weighted by molar-refractivity contribution is -0.00242. The molecule has 3 aromatic heterocycles. The highest BCUT2D eigenvalue weighted by Gasteiger charge is 2.28. The number of fused-ring (bicyclic) bond motifs is 1. The number of ether oxygens (including phenoxy) is 4. The molecule has 228 valence electrons. The number of pyridine rings is 2. The van der Waals surface area contributed by atoms with E-state index >= 15 is 4.39 Å². The molecule has 2 aromatic carbocycles. The van der Waals surface area contributed by atoms with E-state index in [2.05, 4.69) is 20.4 Å². The highest BCUT2D eigenvalue weighted by atomic mass is 19.1. The summed E-state index contributed by atoms with van der Waals surface area (Å²) in [5, 5.41) is 27.8. The predicted octanol–water partition coefficient (Wildman–Crippen LogP) is 4.61. The van der Waals surface area contributed by atoms with Gasteiger partial charge in [-0.05, 0) is 44.2 Å². The number of nitrogens with zero attached hydrogens (tertiary/aromatic N) is 4. The molecule has 3 N–H and O–H groups in total. The number of rotatable bonds is 11. The first-order valence-electron chi connectivity index (χ1n) is 13.5. The standard InChI is InChI=1S/C31H30FN5O7/c1-5-43-28-16-37(24-15-33-10-8-20(24)31(2,40)17-38)36-29(28)30(39)35-22-7-6-18(12-21(22)32)44-25-9-11-34-23-14-27(42-4)26(41-3)13-19(23)25/h6-16,38,40H,5,17H2,1-4H3,(H,35,39). The molecule has 5 rings (SSSR count). The Morgan fingerprint density at radius 2 is 1.82 bits per heavy atom. The first-order valence-corrected chi connectivity index (χ1v) is 13.5. The van der Waals surface area contributed by atoms with Crippen molar-refractivity contribution in [1.29, 1.82) is 0 Å². The van der Waals surface area contributed by atoms with E-state index in [1.807, 2.05) is 0 Å². The van der Waals surface area contributed by atoms with Crippen LogP contribution in [0.1, 0.15) is 29.9 Å². The van der Waals surface area contributed by atoms with Gasteiger partial charge in [0.2, 0.25) is 0 Å². The molecular weight excluding hydrogens is 573 g/mol. The fraction of sp³-hybridized carbons (Fsp3) is 0.226. The first kappa shape index (κ1) is 30.2. The maximum atomic E-state index is 15.2. The third-order valence-electron chi connectivity index (χ3n) is 6.75. The summed E-state index contributed by atoms with van der Waals surface area (Å²) in [6.45, 7) is 2.84. The van der Waals surface area contributed by atoms with E-state index in [9.17, 15) is 15.0 Å². The smallest absolute Gasteiger partial charge is 0.280 e. The van der Waals surface area contributed by atoms with Crippen molar-refractivity contribution in [3.63, 3.8) is 0 Å². The second-order valence-corrected chi connectivity index (χ2v) is 9.78. The molecule has 0 spiro atoms. The second-order valence-electron chi connectivity index (χ2n) is 9.78. The normalized spacial score (nSPS) is 12.4. The third kappa shape index (κ3) is 5.96. The van der Waals surface area contributed by atoms with Crippen molar-refractivity contribution < 1.29 is 38.3 Å². The molecule has 1 atom stereocenters. The summed E-state index contributed by atoms with van der Waals surface area (Å²) in [4.78, 5) is 21.7. The molecule has 5 aromatic rings. The molecule has 44 heavy (non-hydrogen) atoms. The maximum absolute atomic E-state index is 15.2. The molecule has 0 radical (unpaired) electrons. The SMILES string of the molecule is CCOc1cn(-c2cnccc2C(C)(O)CO)nc1C(=O)Nc1ccc(Oc2ccnc3cc(OC)c(OC)cc23)cc1F. The summed E-state index contributed by atoms with van der Waals surface area (Å²) in [6, 6.07) is 10.6. The van der Waals surface area contributed by atoms with Crippen molar-refractivity contribution in [2.45, 2.75) is 19.4 Å². The average molecular weight is 604 g/mol. The zero-order valence-corrected chi connectivity index (χ0v) is 24.4. The molecule has 3 heterocycles. The number of methoxy groups -OCH3 is 2. The van der Waals surface area contributed by atoms with Gasteiger partial charge in [-0.2, -0.15) is 5.10 Å². The number of benzene rings is 2. The van der Waals surface area contributed by atoms with Gasteiger partial charge >= 0.3 is 0 Å². The number of halogens is 1. The number of aromatic nitrogens is 4. The lowest BCUT2D eigenvalue weighted by atomic mass is 9.96. The molecule has 0 saturated heterocycles. The van der Waals surface area contributed by atoms with Crippen LogP contribution in [0.5, 0.6) is 28.7 Å². The Morgan fingerprint density at radius 3 is 2.52 bits per heavy atom. The fourth-order valence-electron chi connectivity index (χ4n) is 4.51. The minimum absolute atomic E-state index is 0.115. The van der Waals surface area contributed by atoms with Gasteiger partial charge in [0, 0.05) is 35.5 Å². The molecule has 0 aliphatic heterocycles.